The fraction of sp³-hybridized carbons (Fsp3) is 0.250. The maximum absolute atomic E-state index is 12.6. The van der Waals surface area contributed by atoms with E-state index in [1.54, 1.807) is 33.0 Å². The molecule has 0 aliphatic carbocycles. The summed E-state index contributed by atoms with van der Waals surface area (Å²) in [7, 11) is -3.97. The molecule has 3 aromatic rings. The highest BCUT2D eigenvalue weighted by atomic mass is 32.2. The molecule has 0 fully saturated rings. The minimum Gasteiger partial charge on any atom is -0.443 e. The van der Waals surface area contributed by atoms with Gasteiger partial charge in [-0.1, -0.05) is 12.1 Å². The monoisotopic (exact) mass is 414 g/mol. The van der Waals surface area contributed by atoms with Gasteiger partial charge >= 0.3 is 6.09 Å². The molecule has 3 rings (SSSR count). The number of nitrogens with zero attached hydrogens (tertiary/aromatic N) is 3. The molecule has 1 amide bonds. The minimum atomic E-state index is -3.97. The van der Waals surface area contributed by atoms with Crippen LogP contribution in [0.15, 0.2) is 48.7 Å². The molecule has 1 aromatic heterocycles. The zero-order chi connectivity index (χ0) is 21.4. The van der Waals surface area contributed by atoms with Gasteiger partial charge in [-0.3, -0.25) is 4.98 Å². The van der Waals surface area contributed by atoms with Gasteiger partial charge in [0.1, 0.15) is 5.60 Å². The Bertz CT molecular complexity index is 1190. The van der Waals surface area contributed by atoms with Crippen molar-refractivity contribution in [1.29, 1.82) is 0 Å². The molecular formula is C20H22N4O4S. The van der Waals surface area contributed by atoms with Crippen LogP contribution in [0.2, 0.25) is 0 Å². The van der Waals surface area contributed by atoms with Crippen LogP contribution in [-0.2, 0) is 14.8 Å². The molecule has 152 valence electrons. The first kappa shape index (κ1) is 20.5. The van der Waals surface area contributed by atoms with Crippen LogP contribution in [0.1, 0.15) is 20.8 Å². The molecule has 0 atom stereocenters. The molecule has 2 N–H and O–H groups in total. The number of ether oxygens (including phenoxy) is 1. The van der Waals surface area contributed by atoms with E-state index >= 15 is 0 Å². The number of carbonyl (C=O) groups excluding carboxylic acids is 1. The predicted molar refractivity (Wildman–Crippen MR) is 113 cm³/mol. The van der Waals surface area contributed by atoms with Crippen molar-refractivity contribution in [2.45, 2.75) is 26.4 Å². The van der Waals surface area contributed by atoms with E-state index in [4.69, 9.17) is 10.5 Å². The van der Waals surface area contributed by atoms with E-state index in [2.05, 4.69) is 9.97 Å². The van der Waals surface area contributed by atoms with Crippen LogP contribution in [0.3, 0.4) is 0 Å². The van der Waals surface area contributed by atoms with E-state index in [0.717, 1.165) is 11.8 Å². The molecule has 0 unspecified atom stereocenters. The maximum atomic E-state index is 12.6. The number of rotatable bonds is 3. The summed E-state index contributed by atoms with van der Waals surface area (Å²) in [4.78, 5) is 21.5. The van der Waals surface area contributed by atoms with E-state index in [0.29, 0.717) is 21.1 Å². The lowest BCUT2D eigenvalue weighted by molar-refractivity contribution is 0.0609. The molecule has 29 heavy (non-hydrogen) atoms. The van der Waals surface area contributed by atoms with Gasteiger partial charge in [0.05, 0.1) is 34.9 Å². The van der Waals surface area contributed by atoms with Gasteiger partial charge in [-0.25, -0.2) is 18.2 Å². The standard InChI is InChI=1S/C20H22N4O4S/c1-20(2,3)28-19(25)24(29(4,26)27)15-10-13(9-14(21)11-15)18-12-22-16-7-5-6-8-17(16)23-18/h5-12H,21H2,1-4H3. The van der Waals surface area contributed by atoms with Gasteiger partial charge in [0.15, 0.2) is 0 Å². The van der Waals surface area contributed by atoms with Crippen molar-refractivity contribution >= 4 is 38.5 Å². The highest BCUT2D eigenvalue weighted by Gasteiger charge is 2.31. The van der Waals surface area contributed by atoms with Crippen LogP contribution in [0.4, 0.5) is 16.2 Å². The van der Waals surface area contributed by atoms with Crippen LogP contribution in [0.5, 0.6) is 0 Å². The van der Waals surface area contributed by atoms with Gasteiger partial charge < -0.3 is 10.5 Å². The lowest BCUT2D eigenvalue weighted by Crippen LogP contribution is -2.40. The lowest BCUT2D eigenvalue weighted by Gasteiger charge is -2.26. The Labute approximate surface area is 169 Å². The summed E-state index contributed by atoms with van der Waals surface area (Å²) in [5.74, 6) is 0. The van der Waals surface area contributed by atoms with Gasteiger partial charge in [-0.05, 0) is 51.1 Å². The molecule has 0 aliphatic rings. The maximum Gasteiger partial charge on any atom is 0.428 e. The second-order valence-electron chi connectivity index (χ2n) is 7.56. The largest absolute Gasteiger partial charge is 0.443 e. The number of carbonyl (C=O) groups is 1. The Hall–Kier alpha value is -3.20. The molecule has 0 saturated heterocycles. The molecule has 1 heterocycles. The number of aromatic nitrogens is 2. The third kappa shape index (κ3) is 4.80. The first-order chi connectivity index (χ1) is 13.4. The quantitative estimate of drug-likeness (QED) is 0.651. The molecule has 9 heteroatoms. The summed E-state index contributed by atoms with van der Waals surface area (Å²) >= 11 is 0. The number of nitrogen functional groups attached to an aromatic ring is 1. The summed E-state index contributed by atoms with van der Waals surface area (Å²) in [5.41, 5.74) is 7.89. The van der Waals surface area contributed by atoms with Gasteiger partial charge in [-0.15, -0.1) is 0 Å². The number of fused-ring (bicyclic) bond motifs is 1. The van der Waals surface area contributed by atoms with Crippen molar-refractivity contribution in [3.05, 3.63) is 48.7 Å². The number of hydrogen-bond acceptors (Lipinski definition) is 7. The van der Waals surface area contributed by atoms with Crippen LogP contribution in [0, 0.1) is 0 Å². The number of anilines is 2. The zero-order valence-electron chi connectivity index (χ0n) is 16.6. The van der Waals surface area contributed by atoms with Crippen LogP contribution in [0.25, 0.3) is 22.3 Å². The van der Waals surface area contributed by atoms with E-state index in [1.807, 2.05) is 24.3 Å². The van der Waals surface area contributed by atoms with Crippen molar-refractivity contribution in [2.75, 3.05) is 16.3 Å². The van der Waals surface area contributed by atoms with Crippen molar-refractivity contribution in [3.63, 3.8) is 0 Å². The number of amides is 1. The average molecular weight is 414 g/mol. The summed E-state index contributed by atoms with van der Waals surface area (Å²) in [5, 5.41) is 0. The Balaban J connectivity index is 2.11. The van der Waals surface area contributed by atoms with Crippen LogP contribution < -0.4 is 10.0 Å². The van der Waals surface area contributed by atoms with Gasteiger partial charge in [0.2, 0.25) is 10.0 Å². The molecule has 2 aromatic carbocycles. The first-order valence-electron chi connectivity index (χ1n) is 8.80. The second kappa shape index (κ2) is 7.32. The summed E-state index contributed by atoms with van der Waals surface area (Å²) in [6.45, 7) is 4.96. The number of benzene rings is 2. The fourth-order valence-electron chi connectivity index (χ4n) is 2.73. The minimum absolute atomic E-state index is 0.0618. The zero-order valence-corrected chi connectivity index (χ0v) is 17.4. The predicted octanol–water partition coefficient (Wildman–Crippen LogP) is 3.58. The molecule has 0 spiro atoms. The van der Waals surface area contributed by atoms with E-state index in [1.165, 1.54) is 12.1 Å². The molecule has 0 radical (unpaired) electrons. The van der Waals surface area contributed by atoms with E-state index in [-0.39, 0.29) is 11.4 Å². The highest BCUT2D eigenvalue weighted by molar-refractivity contribution is 7.92. The summed E-state index contributed by atoms with van der Waals surface area (Å²) in [6, 6.07) is 11.9. The molecule has 0 bridgehead atoms. The number of para-hydroxylation sites is 2. The molecule has 0 aliphatic heterocycles. The Morgan fingerprint density at radius 3 is 2.38 bits per heavy atom. The van der Waals surface area contributed by atoms with Crippen molar-refractivity contribution < 1.29 is 17.9 Å². The summed E-state index contributed by atoms with van der Waals surface area (Å²) < 4.78 is 30.6. The molecular weight excluding hydrogens is 392 g/mol. The van der Waals surface area contributed by atoms with E-state index in [9.17, 15) is 13.2 Å². The van der Waals surface area contributed by atoms with Gasteiger partial charge in [0.25, 0.3) is 0 Å². The lowest BCUT2D eigenvalue weighted by atomic mass is 10.1. The summed E-state index contributed by atoms with van der Waals surface area (Å²) in [6.07, 6.45) is 1.48. The topological polar surface area (TPSA) is 115 Å². The van der Waals surface area contributed by atoms with Gasteiger partial charge in [-0.2, -0.15) is 4.31 Å². The smallest absolute Gasteiger partial charge is 0.428 e. The normalized spacial score (nSPS) is 12.0. The highest BCUT2D eigenvalue weighted by Crippen LogP contribution is 2.30. The molecule has 8 nitrogen and oxygen atoms in total. The molecule has 0 saturated carbocycles. The Kier molecular flexibility index (Phi) is 5.18. The number of hydrogen-bond donors (Lipinski definition) is 1. The third-order valence-electron chi connectivity index (χ3n) is 3.81. The fourth-order valence-corrected chi connectivity index (χ4v) is 3.53. The van der Waals surface area contributed by atoms with E-state index < -0.39 is 21.7 Å². The first-order valence-corrected chi connectivity index (χ1v) is 10.6. The SMILES string of the molecule is CC(C)(C)OC(=O)N(c1cc(N)cc(-c2cnc3ccccc3n2)c1)S(C)(=O)=O. The van der Waals surface area contributed by atoms with Crippen molar-refractivity contribution in [1.82, 2.24) is 9.97 Å². The second-order valence-corrected chi connectivity index (χ2v) is 9.40. The van der Waals surface area contributed by atoms with Crippen LogP contribution >= 0.6 is 0 Å². The van der Waals surface area contributed by atoms with Crippen molar-refractivity contribution in [2.24, 2.45) is 0 Å². The van der Waals surface area contributed by atoms with Crippen LogP contribution in [-0.4, -0.2) is 36.3 Å². The van der Waals surface area contributed by atoms with Crippen molar-refractivity contribution in [3.8, 4) is 11.3 Å². The number of nitrogens with two attached hydrogens (primary N) is 1. The average Bonchev–Trinajstić information content (AvgIpc) is 2.58. The Morgan fingerprint density at radius 2 is 1.76 bits per heavy atom. The third-order valence-corrected chi connectivity index (χ3v) is 4.83. The van der Waals surface area contributed by atoms with Gasteiger partial charge in [0, 0.05) is 11.3 Å². The Morgan fingerprint density at radius 1 is 1.10 bits per heavy atom. The number of sulfonamides is 1.